The molecule has 0 radical (unpaired) electrons. The highest BCUT2D eigenvalue weighted by atomic mass is 16.5. The molecule has 0 aromatic carbocycles. The predicted octanol–water partition coefficient (Wildman–Crippen LogP) is 0.0152. The number of hydrogen-bond acceptors (Lipinski definition) is 4. The van der Waals surface area contributed by atoms with Crippen LogP contribution in [0.1, 0.15) is 26.2 Å². The number of nitrogens with zero attached hydrogens (tertiary/aromatic N) is 1. The van der Waals surface area contributed by atoms with E-state index in [0.717, 1.165) is 12.8 Å². The van der Waals surface area contributed by atoms with Crippen molar-refractivity contribution in [3.8, 4) is 0 Å². The minimum atomic E-state index is -1.18. The van der Waals surface area contributed by atoms with E-state index in [1.165, 1.54) is 4.90 Å². The third-order valence-corrected chi connectivity index (χ3v) is 2.22. The quantitative estimate of drug-likeness (QED) is 0.512. The molecular weight excluding hydrogens is 214 g/mol. The van der Waals surface area contributed by atoms with Gasteiger partial charge in [0, 0.05) is 6.04 Å². The Morgan fingerprint density at radius 2 is 2.00 bits per heavy atom. The largest absolute Gasteiger partial charge is 0.481 e. The Hall–Kier alpha value is -1.59. The summed E-state index contributed by atoms with van der Waals surface area (Å²) in [6.45, 7) is 1.79. The van der Waals surface area contributed by atoms with Gasteiger partial charge in [-0.25, -0.2) is 0 Å². The lowest BCUT2D eigenvalue weighted by atomic mass is 10.3. The summed E-state index contributed by atoms with van der Waals surface area (Å²) in [5.41, 5.74) is 0. The summed E-state index contributed by atoms with van der Waals surface area (Å²) < 4.78 is 4.73. The molecule has 0 aromatic rings. The van der Waals surface area contributed by atoms with Crippen molar-refractivity contribution >= 4 is 17.8 Å². The van der Waals surface area contributed by atoms with E-state index in [4.69, 9.17) is 9.84 Å². The standard InChI is InChI=1S/C10H15NO5/c1-2-16-10(15)6-11(7-3-4-7)8(12)5-9(13)14/h7H,2-6H2,1H3,(H,13,14). The van der Waals surface area contributed by atoms with E-state index < -0.39 is 24.3 Å². The summed E-state index contributed by atoms with van der Waals surface area (Å²) in [6.07, 6.45) is 1.07. The molecule has 16 heavy (non-hydrogen) atoms. The Morgan fingerprint density at radius 3 is 2.44 bits per heavy atom. The van der Waals surface area contributed by atoms with Crippen molar-refractivity contribution in [3.63, 3.8) is 0 Å². The molecule has 1 aliphatic carbocycles. The lowest BCUT2D eigenvalue weighted by Crippen LogP contribution is -2.39. The van der Waals surface area contributed by atoms with E-state index in [-0.39, 0.29) is 19.2 Å². The summed E-state index contributed by atoms with van der Waals surface area (Å²) in [4.78, 5) is 34.4. The fourth-order valence-corrected chi connectivity index (χ4v) is 1.38. The summed E-state index contributed by atoms with van der Waals surface area (Å²) >= 11 is 0. The minimum Gasteiger partial charge on any atom is -0.481 e. The van der Waals surface area contributed by atoms with Gasteiger partial charge in [-0.1, -0.05) is 0 Å². The molecule has 1 saturated carbocycles. The number of aliphatic carboxylic acids is 1. The van der Waals surface area contributed by atoms with E-state index in [0.29, 0.717) is 0 Å². The summed E-state index contributed by atoms with van der Waals surface area (Å²) in [5, 5.41) is 8.51. The molecule has 1 N–H and O–H groups in total. The van der Waals surface area contributed by atoms with E-state index in [1.807, 2.05) is 0 Å². The number of carboxylic acids is 1. The normalized spacial score (nSPS) is 14.3. The first-order chi connectivity index (χ1) is 7.54. The third-order valence-electron chi connectivity index (χ3n) is 2.22. The molecular formula is C10H15NO5. The maximum atomic E-state index is 11.5. The highest BCUT2D eigenvalue weighted by Crippen LogP contribution is 2.27. The van der Waals surface area contributed by atoms with Gasteiger partial charge in [0.15, 0.2) is 0 Å². The Morgan fingerprint density at radius 1 is 1.38 bits per heavy atom. The topological polar surface area (TPSA) is 83.9 Å². The molecule has 0 heterocycles. The highest BCUT2D eigenvalue weighted by Gasteiger charge is 2.34. The molecule has 1 amide bonds. The van der Waals surface area contributed by atoms with Crippen LogP contribution in [-0.2, 0) is 19.1 Å². The zero-order valence-corrected chi connectivity index (χ0v) is 9.14. The molecule has 0 saturated heterocycles. The van der Waals surface area contributed by atoms with Crippen molar-refractivity contribution in [1.82, 2.24) is 4.90 Å². The molecule has 6 nitrogen and oxygen atoms in total. The van der Waals surface area contributed by atoms with Crippen molar-refractivity contribution in [2.75, 3.05) is 13.2 Å². The lowest BCUT2D eigenvalue weighted by molar-refractivity contribution is -0.152. The maximum Gasteiger partial charge on any atom is 0.325 e. The van der Waals surface area contributed by atoms with Crippen molar-refractivity contribution in [1.29, 1.82) is 0 Å². The first kappa shape index (κ1) is 12.5. The average Bonchev–Trinajstić information content (AvgIpc) is 2.96. The van der Waals surface area contributed by atoms with Crippen LogP contribution in [-0.4, -0.2) is 47.0 Å². The van der Waals surface area contributed by atoms with Crippen LogP contribution in [0.4, 0.5) is 0 Å². The SMILES string of the molecule is CCOC(=O)CN(C(=O)CC(=O)O)C1CC1. The fourth-order valence-electron chi connectivity index (χ4n) is 1.38. The molecule has 6 heteroatoms. The zero-order valence-electron chi connectivity index (χ0n) is 9.14. The number of hydrogen-bond donors (Lipinski definition) is 1. The van der Waals surface area contributed by atoms with Gasteiger partial charge < -0.3 is 14.7 Å². The van der Waals surface area contributed by atoms with E-state index in [9.17, 15) is 14.4 Å². The van der Waals surface area contributed by atoms with E-state index >= 15 is 0 Å². The summed E-state index contributed by atoms with van der Waals surface area (Å²) in [6, 6.07) is 0.0104. The second-order valence-electron chi connectivity index (χ2n) is 3.63. The molecule has 0 unspecified atom stereocenters. The van der Waals surface area contributed by atoms with Crippen molar-refractivity contribution in [2.45, 2.75) is 32.2 Å². The number of carbonyl (C=O) groups excluding carboxylic acids is 2. The Kier molecular flexibility index (Phi) is 4.28. The smallest absolute Gasteiger partial charge is 0.325 e. The Labute approximate surface area is 93.2 Å². The lowest BCUT2D eigenvalue weighted by Gasteiger charge is -2.20. The van der Waals surface area contributed by atoms with Crippen LogP contribution in [0.25, 0.3) is 0 Å². The van der Waals surface area contributed by atoms with Gasteiger partial charge in [0.25, 0.3) is 0 Å². The van der Waals surface area contributed by atoms with Crippen LogP contribution in [0, 0.1) is 0 Å². The van der Waals surface area contributed by atoms with Gasteiger partial charge in [-0.2, -0.15) is 0 Å². The van der Waals surface area contributed by atoms with E-state index in [2.05, 4.69) is 0 Å². The first-order valence-electron chi connectivity index (χ1n) is 5.21. The van der Waals surface area contributed by atoms with Gasteiger partial charge >= 0.3 is 11.9 Å². The Bertz CT molecular complexity index is 298. The number of esters is 1. The second kappa shape index (κ2) is 5.48. The van der Waals surface area contributed by atoms with Gasteiger partial charge in [-0.3, -0.25) is 14.4 Å². The predicted molar refractivity (Wildman–Crippen MR) is 53.6 cm³/mol. The monoisotopic (exact) mass is 229 g/mol. The molecule has 0 spiro atoms. The minimum absolute atomic E-state index is 0.0104. The summed E-state index contributed by atoms with van der Waals surface area (Å²) in [7, 11) is 0. The van der Waals surface area contributed by atoms with Crippen LogP contribution in [0.15, 0.2) is 0 Å². The molecule has 0 aliphatic heterocycles. The van der Waals surface area contributed by atoms with Gasteiger partial charge in [0.2, 0.25) is 5.91 Å². The van der Waals surface area contributed by atoms with Crippen LogP contribution in [0.3, 0.4) is 0 Å². The number of ether oxygens (including phenoxy) is 1. The van der Waals surface area contributed by atoms with Crippen molar-refractivity contribution in [2.24, 2.45) is 0 Å². The number of rotatable bonds is 6. The average molecular weight is 229 g/mol. The highest BCUT2D eigenvalue weighted by molar-refractivity contribution is 5.95. The molecule has 1 fully saturated rings. The number of carbonyl (C=O) groups is 3. The zero-order chi connectivity index (χ0) is 12.1. The van der Waals surface area contributed by atoms with Gasteiger partial charge in [-0.15, -0.1) is 0 Å². The van der Waals surface area contributed by atoms with Gasteiger partial charge in [0.1, 0.15) is 13.0 Å². The van der Waals surface area contributed by atoms with Crippen molar-refractivity contribution < 1.29 is 24.2 Å². The first-order valence-corrected chi connectivity index (χ1v) is 5.21. The van der Waals surface area contributed by atoms with Crippen LogP contribution in [0.2, 0.25) is 0 Å². The van der Waals surface area contributed by atoms with Crippen LogP contribution >= 0.6 is 0 Å². The van der Waals surface area contributed by atoms with Gasteiger partial charge in [-0.05, 0) is 19.8 Å². The number of amides is 1. The molecule has 1 rings (SSSR count). The summed E-state index contributed by atoms with van der Waals surface area (Å²) in [5.74, 6) is -2.20. The van der Waals surface area contributed by atoms with Gasteiger partial charge in [0.05, 0.1) is 6.61 Å². The molecule has 1 aliphatic rings. The van der Waals surface area contributed by atoms with Crippen molar-refractivity contribution in [3.05, 3.63) is 0 Å². The van der Waals surface area contributed by atoms with Crippen LogP contribution in [0.5, 0.6) is 0 Å². The molecule has 0 atom stereocenters. The second-order valence-corrected chi connectivity index (χ2v) is 3.63. The third kappa shape index (κ3) is 3.88. The molecule has 90 valence electrons. The molecule has 0 aromatic heterocycles. The number of carboxylic acid groups (broad SMARTS) is 1. The maximum absolute atomic E-state index is 11.5. The Balaban J connectivity index is 2.50. The molecule has 0 bridgehead atoms. The van der Waals surface area contributed by atoms with Crippen LogP contribution < -0.4 is 0 Å². The fraction of sp³-hybridized carbons (Fsp3) is 0.700. The van der Waals surface area contributed by atoms with E-state index in [1.54, 1.807) is 6.92 Å².